The van der Waals surface area contributed by atoms with Crippen LogP contribution in [0.1, 0.15) is 20.3 Å². The molecule has 2 N–H and O–H groups in total. The summed E-state index contributed by atoms with van der Waals surface area (Å²) in [6.45, 7) is 3.46. The summed E-state index contributed by atoms with van der Waals surface area (Å²) < 4.78 is 1.87. The average Bonchev–Trinajstić information content (AvgIpc) is 2.72. The normalized spacial score (nSPS) is 14.4. The van der Waals surface area contributed by atoms with Crippen LogP contribution in [0.25, 0.3) is 11.0 Å². The molecule has 18 heavy (non-hydrogen) atoms. The van der Waals surface area contributed by atoms with Crippen LogP contribution < -0.4 is 5.32 Å². The first kappa shape index (κ1) is 12.3. The number of aryl methyl sites for hydroxylation is 1. The van der Waals surface area contributed by atoms with Gasteiger partial charge in [-0.1, -0.05) is 6.92 Å². The lowest BCUT2D eigenvalue weighted by Crippen LogP contribution is -2.43. The molecule has 0 aliphatic rings. The van der Waals surface area contributed by atoms with Gasteiger partial charge in [0.1, 0.15) is 11.1 Å². The van der Waals surface area contributed by atoms with E-state index in [4.69, 9.17) is 0 Å². The molecule has 0 radical (unpaired) electrons. The number of nitrogens with zero attached hydrogens (tertiary/aromatic N) is 3. The number of hydrogen-bond acceptors (Lipinski definition) is 4. The second kappa shape index (κ2) is 4.29. The molecule has 2 aromatic rings. The molecule has 2 heterocycles. The minimum absolute atomic E-state index is 0.452. The Bertz CT molecular complexity index is 593. The molecule has 6 nitrogen and oxygen atoms in total. The molecule has 0 spiro atoms. The van der Waals surface area contributed by atoms with Gasteiger partial charge in [0.2, 0.25) is 0 Å². The van der Waals surface area contributed by atoms with Gasteiger partial charge in [-0.2, -0.15) is 0 Å². The van der Waals surface area contributed by atoms with Gasteiger partial charge >= 0.3 is 5.97 Å². The lowest BCUT2D eigenvalue weighted by Gasteiger charge is -2.25. The largest absolute Gasteiger partial charge is 0.480 e. The van der Waals surface area contributed by atoms with E-state index in [-0.39, 0.29) is 0 Å². The molecule has 0 saturated carbocycles. The summed E-state index contributed by atoms with van der Waals surface area (Å²) in [5, 5.41) is 12.2. The van der Waals surface area contributed by atoms with Crippen molar-refractivity contribution in [2.75, 3.05) is 5.32 Å². The van der Waals surface area contributed by atoms with Crippen molar-refractivity contribution < 1.29 is 9.90 Å². The zero-order valence-electron chi connectivity index (χ0n) is 10.6. The van der Waals surface area contributed by atoms with Crippen molar-refractivity contribution in [1.29, 1.82) is 0 Å². The van der Waals surface area contributed by atoms with Gasteiger partial charge in [0.25, 0.3) is 0 Å². The maximum Gasteiger partial charge on any atom is 0.329 e. The van der Waals surface area contributed by atoms with E-state index in [2.05, 4.69) is 15.3 Å². The van der Waals surface area contributed by atoms with Crippen molar-refractivity contribution in [3.63, 3.8) is 0 Å². The van der Waals surface area contributed by atoms with Crippen LogP contribution in [0.3, 0.4) is 0 Å². The van der Waals surface area contributed by atoms with E-state index < -0.39 is 11.5 Å². The number of imidazole rings is 1. The Hall–Kier alpha value is -2.11. The third-order valence-corrected chi connectivity index (χ3v) is 3.22. The minimum Gasteiger partial charge on any atom is -0.480 e. The molecule has 1 atom stereocenters. The van der Waals surface area contributed by atoms with E-state index in [1.165, 1.54) is 0 Å². The molecule has 0 aliphatic carbocycles. The number of fused-ring (bicyclic) bond motifs is 1. The summed E-state index contributed by atoms with van der Waals surface area (Å²) >= 11 is 0. The molecule has 0 aliphatic heterocycles. The van der Waals surface area contributed by atoms with Crippen LogP contribution in [0, 0.1) is 0 Å². The number of carboxylic acids is 1. The number of carbonyl (C=O) groups is 1. The van der Waals surface area contributed by atoms with Gasteiger partial charge < -0.3 is 15.0 Å². The van der Waals surface area contributed by atoms with Gasteiger partial charge in [0, 0.05) is 13.2 Å². The zero-order chi connectivity index (χ0) is 13.3. The van der Waals surface area contributed by atoms with E-state index in [0.29, 0.717) is 17.8 Å². The standard InChI is InChI=1S/C12H16N4O2/c1-4-12(2,11(17)18)15-10-9-8(5-6-13-10)16(3)7-14-9/h5-7H,4H2,1-3H3,(H,13,15)(H,17,18). The van der Waals surface area contributed by atoms with Crippen LogP contribution in [0.5, 0.6) is 0 Å². The van der Waals surface area contributed by atoms with Crippen molar-refractivity contribution in [1.82, 2.24) is 14.5 Å². The highest BCUT2D eigenvalue weighted by atomic mass is 16.4. The summed E-state index contributed by atoms with van der Waals surface area (Å²) in [7, 11) is 1.88. The van der Waals surface area contributed by atoms with Gasteiger partial charge in [-0.05, 0) is 19.4 Å². The molecule has 0 saturated heterocycles. The molecular formula is C12H16N4O2. The van der Waals surface area contributed by atoms with Crippen LogP contribution in [0.4, 0.5) is 5.82 Å². The molecule has 2 aromatic heterocycles. The highest BCUT2D eigenvalue weighted by molar-refractivity contribution is 5.89. The SMILES string of the molecule is CCC(C)(Nc1nccc2c1ncn2C)C(=O)O. The maximum atomic E-state index is 11.3. The molecule has 96 valence electrons. The lowest BCUT2D eigenvalue weighted by atomic mass is 9.99. The van der Waals surface area contributed by atoms with Crippen molar-refractivity contribution >= 4 is 22.8 Å². The first-order valence-corrected chi connectivity index (χ1v) is 5.75. The van der Waals surface area contributed by atoms with E-state index in [1.54, 1.807) is 19.4 Å². The number of anilines is 1. The molecule has 0 amide bonds. The van der Waals surface area contributed by atoms with Crippen LogP contribution in [0.15, 0.2) is 18.6 Å². The predicted molar refractivity (Wildman–Crippen MR) is 68.5 cm³/mol. The van der Waals surface area contributed by atoms with Crippen LogP contribution in [0.2, 0.25) is 0 Å². The number of hydrogen-bond donors (Lipinski definition) is 2. The molecule has 1 unspecified atom stereocenters. The Kier molecular flexibility index (Phi) is 2.94. The minimum atomic E-state index is -1.04. The van der Waals surface area contributed by atoms with E-state index in [9.17, 15) is 9.90 Å². The van der Waals surface area contributed by atoms with Gasteiger partial charge in [0.15, 0.2) is 5.82 Å². The quantitative estimate of drug-likeness (QED) is 0.859. The first-order valence-electron chi connectivity index (χ1n) is 5.75. The summed E-state index contributed by atoms with van der Waals surface area (Å²) in [4.78, 5) is 19.7. The van der Waals surface area contributed by atoms with Crippen molar-refractivity contribution in [2.24, 2.45) is 7.05 Å². The number of carboxylic acid groups (broad SMARTS) is 1. The smallest absolute Gasteiger partial charge is 0.329 e. The third kappa shape index (κ3) is 1.90. The fourth-order valence-corrected chi connectivity index (χ4v) is 1.71. The van der Waals surface area contributed by atoms with Gasteiger partial charge in [-0.15, -0.1) is 0 Å². The highest BCUT2D eigenvalue weighted by Gasteiger charge is 2.32. The molecule has 0 aromatic carbocycles. The van der Waals surface area contributed by atoms with Crippen LogP contribution in [-0.2, 0) is 11.8 Å². The summed E-state index contributed by atoms with van der Waals surface area (Å²) in [6, 6.07) is 1.84. The maximum absolute atomic E-state index is 11.3. The van der Waals surface area contributed by atoms with E-state index in [1.807, 2.05) is 24.6 Å². The number of rotatable bonds is 4. The molecule has 0 bridgehead atoms. The van der Waals surface area contributed by atoms with Crippen LogP contribution in [-0.4, -0.2) is 31.1 Å². The Morgan fingerprint density at radius 2 is 2.28 bits per heavy atom. The van der Waals surface area contributed by atoms with E-state index >= 15 is 0 Å². The van der Waals surface area contributed by atoms with Gasteiger partial charge in [-0.3, -0.25) is 0 Å². The summed E-state index contributed by atoms with van der Waals surface area (Å²) in [5.41, 5.74) is 0.552. The number of aliphatic carboxylic acids is 1. The Morgan fingerprint density at radius 1 is 1.56 bits per heavy atom. The topological polar surface area (TPSA) is 80.0 Å². The Labute approximate surface area is 105 Å². The molecule has 6 heteroatoms. The summed E-state index contributed by atoms with van der Waals surface area (Å²) in [6.07, 6.45) is 3.78. The van der Waals surface area contributed by atoms with Gasteiger partial charge in [-0.25, -0.2) is 14.8 Å². The fourth-order valence-electron chi connectivity index (χ4n) is 1.71. The van der Waals surface area contributed by atoms with Gasteiger partial charge in [0.05, 0.1) is 11.8 Å². The Balaban J connectivity index is 2.46. The third-order valence-electron chi connectivity index (χ3n) is 3.22. The lowest BCUT2D eigenvalue weighted by molar-refractivity contribution is -0.141. The summed E-state index contributed by atoms with van der Waals surface area (Å²) in [5.74, 6) is -0.403. The highest BCUT2D eigenvalue weighted by Crippen LogP contribution is 2.23. The molecule has 2 rings (SSSR count). The first-order chi connectivity index (χ1) is 8.48. The number of aromatic nitrogens is 3. The van der Waals surface area contributed by atoms with Crippen molar-refractivity contribution in [2.45, 2.75) is 25.8 Å². The zero-order valence-corrected chi connectivity index (χ0v) is 10.6. The Morgan fingerprint density at radius 3 is 2.89 bits per heavy atom. The fraction of sp³-hybridized carbons (Fsp3) is 0.417. The number of nitrogens with one attached hydrogen (secondary N) is 1. The van der Waals surface area contributed by atoms with Crippen LogP contribution >= 0.6 is 0 Å². The monoisotopic (exact) mass is 248 g/mol. The van der Waals surface area contributed by atoms with Crippen molar-refractivity contribution in [3.05, 3.63) is 18.6 Å². The average molecular weight is 248 g/mol. The molecular weight excluding hydrogens is 232 g/mol. The predicted octanol–water partition coefficient (Wildman–Crippen LogP) is 1.63. The molecule has 0 fully saturated rings. The van der Waals surface area contributed by atoms with E-state index in [0.717, 1.165) is 5.52 Å². The van der Waals surface area contributed by atoms with Crippen molar-refractivity contribution in [3.8, 4) is 0 Å². The second-order valence-corrected chi connectivity index (χ2v) is 4.50. The number of pyridine rings is 1. The second-order valence-electron chi connectivity index (χ2n) is 4.50.